The monoisotopic (exact) mass is 337 g/mol. The number of furan rings is 1. The van der Waals surface area contributed by atoms with Crippen LogP contribution < -0.4 is 5.43 Å². The number of rotatable bonds is 4. The summed E-state index contributed by atoms with van der Waals surface area (Å²) in [6.07, 6.45) is 11.4. The van der Waals surface area contributed by atoms with Gasteiger partial charge in [-0.15, -0.1) is 0 Å². The molecule has 0 amide bonds. The van der Waals surface area contributed by atoms with E-state index in [-0.39, 0.29) is 6.17 Å². The summed E-state index contributed by atoms with van der Waals surface area (Å²) >= 11 is 0. The lowest BCUT2D eigenvalue weighted by Gasteiger charge is -2.24. The molecule has 2 aliphatic rings. The number of aryl methyl sites for hydroxylation is 2. The number of hydrazine groups is 1. The zero-order valence-corrected chi connectivity index (χ0v) is 14.3. The number of allylic oxidation sites excluding steroid dienone is 2. The summed E-state index contributed by atoms with van der Waals surface area (Å²) in [6.45, 7) is 1.92. The highest BCUT2D eigenvalue weighted by molar-refractivity contribution is 5.97. The molecule has 1 N–H and O–H groups in total. The molecule has 0 aromatic carbocycles. The molecule has 1 atom stereocenters. The van der Waals surface area contributed by atoms with Crippen LogP contribution in [0.2, 0.25) is 0 Å². The molecule has 0 bridgehead atoms. The molecular weight excluding hydrogens is 318 g/mol. The third-order valence-corrected chi connectivity index (χ3v) is 4.06. The highest BCUT2D eigenvalue weighted by Gasteiger charge is 2.28. The Kier molecular flexibility index (Phi) is 3.68. The van der Waals surface area contributed by atoms with Crippen LogP contribution in [0.15, 0.2) is 57.9 Å². The summed E-state index contributed by atoms with van der Waals surface area (Å²) in [5.74, 6) is 4.00. The van der Waals surface area contributed by atoms with E-state index in [1.165, 1.54) is 0 Å². The first-order chi connectivity index (χ1) is 12.1. The van der Waals surface area contributed by atoms with Gasteiger partial charge >= 0.3 is 0 Å². The van der Waals surface area contributed by atoms with Crippen molar-refractivity contribution in [3.8, 4) is 11.5 Å². The normalized spacial score (nSPS) is 19.0. The van der Waals surface area contributed by atoms with Crippen LogP contribution in [0, 0.1) is 6.92 Å². The van der Waals surface area contributed by atoms with E-state index in [1.54, 1.807) is 7.11 Å². The van der Waals surface area contributed by atoms with Gasteiger partial charge in [0.2, 0.25) is 0 Å². The van der Waals surface area contributed by atoms with Crippen molar-refractivity contribution < 1.29 is 9.15 Å². The molecule has 0 saturated heterocycles. The van der Waals surface area contributed by atoms with Gasteiger partial charge in [-0.25, -0.2) is 9.98 Å². The predicted molar refractivity (Wildman–Crippen MR) is 95.1 cm³/mol. The van der Waals surface area contributed by atoms with Gasteiger partial charge in [0.1, 0.15) is 28.9 Å². The van der Waals surface area contributed by atoms with Crippen molar-refractivity contribution in [1.29, 1.82) is 0 Å². The molecule has 0 spiro atoms. The number of hydrogen-bond donors (Lipinski definition) is 1. The molecule has 4 heterocycles. The van der Waals surface area contributed by atoms with Crippen molar-refractivity contribution in [1.82, 2.24) is 20.0 Å². The second-order valence-electron chi connectivity index (χ2n) is 5.86. The van der Waals surface area contributed by atoms with Gasteiger partial charge in [-0.05, 0) is 43.4 Å². The Morgan fingerprint density at radius 3 is 2.96 bits per heavy atom. The van der Waals surface area contributed by atoms with Gasteiger partial charge in [-0.2, -0.15) is 0 Å². The number of amidine groups is 1. The maximum absolute atomic E-state index is 5.63. The van der Waals surface area contributed by atoms with Crippen LogP contribution in [0.25, 0.3) is 17.5 Å². The van der Waals surface area contributed by atoms with Gasteiger partial charge < -0.3 is 13.7 Å². The molecule has 128 valence electrons. The Bertz CT molecular complexity index is 916. The van der Waals surface area contributed by atoms with E-state index in [0.717, 1.165) is 34.6 Å². The van der Waals surface area contributed by atoms with Gasteiger partial charge in [0.25, 0.3) is 0 Å². The first-order valence-electron chi connectivity index (χ1n) is 7.97. The summed E-state index contributed by atoms with van der Waals surface area (Å²) < 4.78 is 12.9. The average Bonchev–Trinajstić information content (AvgIpc) is 3.30. The predicted octanol–water partition coefficient (Wildman–Crippen LogP) is 2.60. The number of aliphatic imine (C=N–C) groups is 1. The molecular formula is C18H19N5O2. The number of nitrogens with zero attached hydrogens (tertiary/aromatic N) is 4. The van der Waals surface area contributed by atoms with Crippen LogP contribution in [0.4, 0.5) is 0 Å². The highest BCUT2D eigenvalue weighted by Crippen LogP contribution is 2.22. The fourth-order valence-corrected chi connectivity index (χ4v) is 2.79. The lowest BCUT2D eigenvalue weighted by Crippen LogP contribution is -2.38. The van der Waals surface area contributed by atoms with E-state index in [1.807, 2.05) is 72.4 Å². The summed E-state index contributed by atoms with van der Waals surface area (Å²) in [6, 6.07) is 3.86. The minimum absolute atomic E-state index is 0.169. The third kappa shape index (κ3) is 2.84. The van der Waals surface area contributed by atoms with Crippen LogP contribution in [-0.2, 0) is 11.8 Å². The van der Waals surface area contributed by atoms with Gasteiger partial charge in [-0.3, -0.25) is 10.4 Å². The molecule has 1 unspecified atom stereocenters. The molecule has 7 heteroatoms. The van der Waals surface area contributed by atoms with E-state index < -0.39 is 0 Å². The molecule has 4 rings (SSSR count). The molecule has 7 nitrogen and oxygen atoms in total. The number of nitrogens with one attached hydrogen (secondary N) is 1. The number of imidazole rings is 1. The quantitative estimate of drug-likeness (QED) is 0.929. The van der Waals surface area contributed by atoms with Crippen molar-refractivity contribution in [2.24, 2.45) is 12.0 Å². The summed E-state index contributed by atoms with van der Waals surface area (Å²) in [5, 5.41) is 1.90. The third-order valence-electron chi connectivity index (χ3n) is 4.06. The largest absolute Gasteiger partial charge is 0.497 e. The van der Waals surface area contributed by atoms with E-state index in [2.05, 4.69) is 15.4 Å². The van der Waals surface area contributed by atoms with Crippen molar-refractivity contribution in [2.45, 2.75) is 13.1 Å². The van der Waals surface area contributed by atoms with Crippen molar-refractivity contribution >= 4 is 11.9 Å². The Hall–Kier alpha value is -3.22. The smallest absolute Gasteiger partial charge is 0.198 e. The Labute approximate surface area is 145 Å². The van der Waals surface area contributed by atoms with Gasteiger partial charge in [-0.1, -0.05) is 0 Å². The highest BCUT2D eigenvalue weighted by atomic mass is 16.5. The maximum Gasteiger partial charge on any atom is 0.198 e. The SMILES string of the molecule is COC1=CC=CN2NC(/C=C\c3nc(-c4ccc(C)o4)cn3C)=NC12. The summed E-state index contributed by atoms with van der Waals surface area (Å²) in [4.78, 5) is 9.23. The van der Waals surface area contributed by atoms with Crippen molar-refractivity contribution in [3.63, 3.8) is 0 Å². The molecule has 0 aliphatic carbocycles. The standard InChI is InChI=1S/C18H19N5O2/c1-12-6-7-14(25-12)13-11-22(2)17(19-13)9-8-16-20-18-15(24-3)5-4-10-23(18)21-16/h4-11,18H,1-3H3,(H,20,21)/b9-8-. The van der Waals surface area contributed by atoms with E-state index >= 15 is 0 Å². The summed E-state index contributed by atoms with van der Waals surface area (Å²) in [5.41, 5.74) is 4.03. The maximum atomic E-state index is 5.63. The van der Waals surface area contributed by atoms with Crippen molar-refractivity contribution in [3.05, 3.63) is 60.1 Å². The van der Waals surface area contributed by atoms with Crippen LogP contribution in [0.5, 0.6) is 0 Å². The zero-order chi connectivity index (χ0) is 17.4. The van der Waals surface area contributed by atoms with E-state index in [9.17, 15) is 0 Å². The second kappa shape index (κ2) is 6.01. The number of ether oxygens (including phenoxy) is 1. The Balaban J connectivity index is 1.54. The van der Waals surface area contributed by atoms with E-state index in [0.29, 0.717) is 0 Å². The molecule has 2 aromatic rings. The first-order valence-corrected chi connectivity index (χ1v) is 7.97. The Morgan fingerprint density at radius 2 is 2.20 bits per heavy atom. The fraction of sp³-hybridized carbons (Fsp3) is 0.222. The molecule has 2 aromatic heterocycles. The minimum Gasteiger partial charge on any atom is -0.497 e. The molecule has 0 radical (unpaired) electrons. The molecule has 0 saturated carbocycles. The lowest BCUT2D eigenvalue weighted by molar-refractivity contribution is 0.188. The second-order valence-corrected chi connectivity index (χ2v) is 5.86. The van der Waals surface area contributed by atoms with Crippen LogP contribution in [-0.4, -0.2) is 33.7 Å². The average molecular weight is 337 g/mol. The number of aromatic nitrogens is 2. The van der Waals surface area contributed by atoms with Gasteiger partial charge in [0, 0.05) is 19.4 Å². The number of fused-ring (bicyclic) bond motifs is 1. The molecule has 0 fully saturated rings. The van der Waals surface area contributed by atoms with Crippen LogP contribution in [0.1, 0.15) is 11.6 Å². The van der Waals surface area contributed by atoms with Crippen LogP contribution in [0.3, 0.4) is 0 Å². The minimum atomic E-state index is -0.169. The van der Waals surface area contributed by atoms with Gasteiger partial charge in [0.15, 0.2) is 11.9 Å². The molecule has 25 heavy (non-hydrogen) atoms. The van der Waals surface area contributed by atoms with E-state index in [4.69, 9.17) is 9.15 Å². The summed E-state index contributed by atoms with van der Waals surface area (Å²) in [7, 11) is 3.60. The number of hydrogen-bond acceptors (Lipinski definition) is 6. The number of methoxy groups -OCH3 is 1. The molecule has 2 aliphatic heterocycles. The lowest BCUT2D eigenvalue weighted by atomic mass is 10.3. The Morgan fingerprint density at radius 1 is 1.32 bits per heavy atom. The van der Waals surface area contributed by atoms with Gasteiger partial charge in [0.05, 0.1) is 7.11 Å². The fourth-order valence-electron chi connectivity index (χ4n) is 2.79. The van der Waals surface area contributed by atoms with Crippen molar-refractivity contribution in [2.75, 3.05) is 7.11 Å². The topological polar surface area (TPSA) is 67.8 Å². The first kappa shape index (κ1) is 15.3. The van der Waals surface area contributed by atoms with Crippen LogP contribution >= 0.6 is 0 Å². The zero-order valence-electron chi connectivity index (χ0n) is 14.3.